The van der Waals surface area contributed by atoms with E-state index in [1.807, 2.05) is 44.2 Å². The Morgan fingerprint density at radius 3 is 2.60 bits per heavy atom. The third-order valence-electron chi connectivity index (χ3n) is 6.35. The highest BCUT2D eigenvalue weighted by atomic mass is 35.5. The molecule has 0 unspecified atom stereocenters. The maximum Gasteiger partial charge on any atom is 0.316 e. The van der Waals surface area contributed by atoms with Crippen molar-refractivity contribution in [2.75, 3.05) is 31.2 Å². The molecule has 0 saturated carbocycles. The molecule has 4 rings (SSSR count). The maximum absolute atomic E-state index is 13.3. The van der Waals surface area contributed by atoms with Gasteiger partial charge in [0.1, 0.15) is 6.07 Å². The van der Waals surface area contributed by atoms with Gasteiger partial charge in [-0.3, -0.25) is 9.78 Å². The van der Waals surface area contributed by atoms with Crippen molar-refractivity contribution in [3.05, 3.63) is 71.0 Å². The molecule has 3 aromatic rings. The van der Waals surface area contributed by atoms with E-state index in [2.05, 4.69) is 20.9 Å². The Hall–Kier alpha value is -3.63. The van der Waals surface area contributed by atoms with E-state index in [0.717, 1.165) is 22.5 Å². The van der Waals surface area contributed by atoms with Crippen molar-refractivity contribution >= 4 is 23.3 Å². The third kappa shape index (κ3) is 4.94. The molecule has 7 nitrogen and oxygen atoms in total. The largest absolute Gasteiger partial charge is 0.477 e. The van der Waals surface area contributed by atoms with Crippen molar-refractivity contribution in [3.8, 4) is 23.2 Å². The Labute approximate surface area is 210 Å². The molecule has 180 valence electrons. The number of aromatic nitrogens is 2. The summed E-state index contributed by atoms with van der Waals surface area (Å²) in [6.45, 7) is 5.72. The van der Waals surface area contributed by atoms with Gasteiger partial charge < -0.3 is 14.4 Å². The predicted molar refractivity (Wildman–Crippen MR) is 135 cm³/mol. The van der Waals surface area contributed by atoms with Crippen LogP contribution < -0.4 is 9.64 Å². The van der Waals surface area contributed by atoms with Gasteiger partial charge in [0, 0.05) is 30.5 Å². The number of carbonyl (C=O) groups is 1. The van der Waals surface area contributed by atoms with Crippen LogP contribution in [0.3, 0.4) is 0 Å². The van der Waals surface area contributed by atoms with Gasteiger partial charge in [-0.05, 0) is 68.7 Å². The lowest BCUT2D eigenvalue weighted by Crippen LogP contribution is -2.48. The number of hydrogen-bond acceptors (Lipinski definition) is 7. The van der Waals surface area contributed by atoms with Crippen LogP contribution in [0.2, 0.25) is 5.02 Å². The van der Waals surface area contributed by atoms with Crippen LogP contribution in [0.25, 0.3) is 11.3 Å². The van der Waals surface area contributed by atoms with Crippen molar-refractivity contribution in [3.63, 3.8) is 0 Å². The smallest absolute Gasteiger partial charge is 0.316 e. The molecule has 2 aromatic heterocycles. The summed E-state index contributed by atoms with van der Waals surface area (Å²) in [5, 5.41) is 10.1. The van der Waals surface area contributed by atoms with E-state index in [1.165, 1.54) is 0 Å². The maximum atomic E-state index is 13.3. The standard InChI is InChI=1S/C27H27ClN4O3/c1-3-34-25-22(6-5-13-30-25)23-9-7-20(18-31-23)27(26(33)35-4-2)11-14-32(15-12-27)24-10-8-21(28)16-19(24)17-29/h5-10,13,16,18H,3-4,11-12,14-15H2,1-2H3. The fraction of sp³-hybridized carbons (Fsp3) is 0.333. The topological polar surface area (TPSA) is 88.3 Å². The van der Waals surface area contributed by atoms with Crippen LogP contribution in [0.4, 0.5) is 5.69 Å². The zero-order chi connectivity index (χ0) is 24.8. The Kier molecular flexibility index (Phi) is 7.52. The van der Waals surface area contributed by atoms with Crippen molar-refractivity contribution < 1.29 is 14.3 Å². The molecule has 1 saturated heterocycles. The number of nitriles is 1. The lowest BCUT2D eigenvalue weighted by Gasteiger charge is -2.41. The van der Waals surface area contributed by atoms with Crippen molar-refractivity contribution in [2.24, 2.45) is 0 Å². The first kappa shape index (κ1) is 24.5. The van der Waals surface area contributed by atoms with Gasteiger partial charge in [0.2, 0.25) is 5.88 Å². The first-order valence-corrected chi connectivity index (χ1v) is 12.1. The summed E-state index contributed by atoms with van der Waals surface area (Å²) < 4.78 is 11.2. The number of nitrogens with zero attached hydrogens (tertiary/aromatic N) is 4. The van der Waals surface area contributed by atoms with Crippen LogP contribution in [0.5, 0.6) is 5.88 Å². The van der Waals surface area contributed by atoms with Gasteiger partial charge in [-0.2, -0.15) is 5.26 Å². The molecular formula is C27H27ClN4O3. The summed E-state index contributed by atoms with van der Waals surface area (Å²) in [6, 6.07) is 15.1. The number of rotatable bonds is 7. The highest BCUT2D eigenvalue weighted by molar-refractivity contribution is 6.30. The molecule has 1 aliphatic heterocycles. The second kappa shape index (κ2) is 10.7. The molecule has 0 bridgehead atoms. The number of pyridine rings is 2. The molecular weight excluding hydrogens is 464 g/mol. The lowest BCUT2D eigenvalue weighted by molar-refractivity contribution is -0.151. The summed E-state index contributed by atoms with van der Waals surface area (Å²) in [6.07, 6.45) is 4.52. The summed E-state index contributed by atoms with van der Waals surface area (Å²) in [7, 11) is 0. The second-order valence-corrected chi connectivity index (χ2v) is 8.72. The third-order valence-corrected chi connectivity index (χ3v) is 6.58. The molecule has 0 atom stereocenters. The summed E-state index contributed by atoms with van der Waals surface area (Å²) >= 11 is 6.07. The molecule has 0 N–H and O–H groups in total. The van der Waals surface area contributed by atoms with E-state index < -0.39 is 5.41 Å². The zero-order valence-corrected chi connectivity index (χ0v) is 20.6. The number of anilines is 1. The molecule has 1 aliphatic rings. The van der Waals surface area contributed by atoms with E-state index in [0.29, 0.717) is 55.6 Å². The lowest BCUT2D eigenvalue weighted by atomic mass is 9.73. The van der Waals surface area contributed by atoms with Gasteiger partial charge in [0.25, 0.3) is 0 Å². The zero-order valence-electron chi connectivity index (χ0n) is 19.8. The minimum absolute atomic E-state index is 0.248. The average molecular weight is 491 g/mol. The fourth-order valence-corrected chi connectivity index (χ4v) is 4.73. The monoisotopic (exact) mass is 490 g/mol. The van der Waals surface area contributed by atoms with Gasteiger partial charge in [-0.15, -0.1) is 0 Å². The number of hydrogen-bond donors (Lipinski definition) is 0. The molecule has 0 amide bonds. The number of esters is 1. The number of carbonyl (C=O) groups excluding carboxylic acids is 1. The first-order chi connectivity index (χ1) is 17.0. The second-order valence-electron chi connectivity index (χ2n) is 8.28. The summed E-state index contributed by atoms with van der Waals surface area (Å²) in [4.78, 5) is 24.4. The number of halogens is 1. The quantitative estimate of drug-likeness (QED) is 0.422. The number of ether oxygens (including phenoxy) is 2. The number of benzene rings is 1. The fourth-order valence-electron chi connectivity index (χ4n) is 4.56. The van der Waals surface area contributed by atoms with Crippen LogP contribution in [0.15, 0.2) is 54.9 Å². The molecule has 3 heterocycles. The average Bonchev–Trinajstić information content (AvgIpc) is 2.89. The minimum atomic E-state index is -0.811. The van der Waals surface area contributed by atoms with Gasteiger partial charge in [0.15, 0.2) is 0 Å². The Morgan fingerprint density at radius 2 is 1.94 bits per heavy atom. The highest BCUT2D eigenvalue weighted by Gasteiger charge is 2.45. The van der Waals surface area contributed by atoms with Gasteiger partial charge in [-0.1, -0.05) is 17.7 Å². The van der Waals surface area contributed by atoms with Gasteiger partial charge in [-0.25, -0.2) is 4.98 Å². The Balaban J connectivity index is 1.63. The molecule has 0 aliphatic carbocycles. The molecule has 0 spiro atoms. The minimum Gasteiger partial charge on any atom is -0.477 e. The SMILES string of the molecule is CCOC(=O)C1(c2ccc(-c3cccnc3OCC)nc2)CCN(c2ccc(Cl)cc2C#N)CC1. The van der Waals surface area contributed by atoms with Crippen LogP contribution >= 0.6 is 11.6 Å². The van der Waals surface area contributed by atoms with Crippen molar-refractivity contribution in [1.82, 2.24) is 9.97 Å². The van der Waals surface area contributed by atoms with E-state index in [9.17, 15) is 10.1 Å². The molecule has 1 fully saturated rings. The van der Waals surface area contributed by atoms with Crippen LogP contribution in [-0.4, -0.2) is 42.2 Å². The number of piperidine rings is 1. The van der Waals surface area contributed by atoms with Gasteiger partial charge in [0.05, 0.1) is 41.1 Å². The van der Waals surface area contributed by atoms with Crippen LogP contribution in [0, 0.1) is 11.3 Å². The molecule has 8 heteroatoms. The van der Waals surface area contributed by atoms with Crippen LogP contribution in [-0.2, 0) is 14.9 Å². The Morgan fingerprint density at radius 1 is 1.14 bits per heavy atom. The van der Waals surface area contributed by atoms with Crippen molar-refractivity contribution in [2.45, 2.75) is 32.1 Å². The summed E-state index contributed by atoms with van der Waals surface area (Å²) in [5.74, 6) is 0.280. The van der Waals surface area contributed by atoms with E-state index in [4.69, 9.17) is 21.1 Å². The normalized spacial score (nSPS) is 14.7. The predicted octanol–water partition coefficient (Wildman–Crippen LogP) is 5.17. The molecule has 0 radical (unpaired) electrons. The first-order valence-electron chi connectivity index (χ1n) is 11.7. The summed E-state index contributed by atoms with van der Waals surface area (Å²) in [5.41, 5.74) is 2.87. The van der Waals surface area contributed by atoms with Gasteiger partial charge >= 0.3 is 5.97 Å². The van der Waals surface area contributed by atoms with Crippen LogP contribution in [0.1, 0.15) is 37.8 Å². The molecule has 35 heavy (non-hydrogen) atoms. The van der Waals surface area contributed by atoms with Crippen molar-refractivity contribution in [1.29, 1.82) is 5.26 Å². The van der Waals surface area contributed by atoms with E-state index >= 15 is 0 Å². The highest BCUT2D eigenvalue weighted by Crippen LogP contribution is 2.39. The Bertz CT molecular complexity index is 1230. The molecule has 1 aromatic carbocycles. The van der Waals surface area contributed by atoms with E-state index in [-0.39, 0.29) is 5.97 Å². The van der Waals surface area contributed by atoms with E-state index in [1.54, 1.807) is 24.5 Å².